The minimum absolute atomic E-state index is 0.297. The van der Waals surface area contributed by atoms with Gasteiger partial charge in [-0.3, -0.25) is 0 Å². The molecule has 1 aromatic carbocycles. The fourth-order valence-electron chi connectivity index (χ4n) is 1.71. The maximum atomic E-state index is 10.8. The summed E-state index contributed by atoms with van der Waals surface area (Å²) in [6.07, 6.45) is 0. The van der Waals surface area contributed by atoms with Gasteiger partial charge in [-0.05, 0) is 0 Å². The van der Waals surface area contributed by atoms with Gasteiger partial charge in [0.05, 0.1) is 0 Å². The minimum atomic E-state index is -4.02. The SMILES string of the molecule is CC1(C)OC(COS(N)(=O)=O)=C(c2ccccc2)O1. The molecule has 0 spiro atoms. The first-order valence-corrected chi connectivity index (χ1v) is 7.08. The molecule has 2 N–H and O–H groups in total. The summed E-state index contributed by atoms with van der Waals surface area (Å²) in [5, 5.41) is 4.80. The van der Waals surface area contributed by atoms with Crippen molar-refractivity contribution >= 4 is 16.1 Å². The van der Waals surface area contributed by atoms with E-state index in [-0.39, 0.29) is 6.61 Å². The van der Waals surface area contributed by atoms with Crippen molar-refractivity contribution in [1.82, 2.24) is 0 Å². The fraction of sp³-hybridized carbons (Fsp3) is 0.333. The molecule has 19 heavy (non-hydrogen) atoms. The van der Waals surface area contributed by atoms with Gasteiger partial charge in [0.25, 0.3) is 0 Å². The zero-order chi connectivity index (χ0) is 14.1. The Morgan fingerprint density at radius 1 is 1.21 bits per heavy atom. The van der Waals surface area contributed by atoms with Crippen LogP contribution in [-0.2, 0) is 24.0 Å². The lowest BCUT2D eigenvalue weighted by molar-refractivity contribution is -0.113. The molecular formula is C12H15NO5S. The predicted octanol–water partition coefficient (Wildman–Crippen LogP) is 1.36. The van der Waals surface area contributed by atoms with Gasteiger partial charge < -0.3 is 9.47 Å². The molecule has 0 bridgehead atoms. The second kappa shape index (κ2) is 4.84. The van der Waals surface area contributed by atoms with Crippen LogP contribution in [0.4, 0.5) is 0 Å². The van der Waals surface area contributed by atoms with Gasteiger partial charge in [0.1, 0.15) is 6.61 Å². The van der Waals surface area contributed by atoms with Crippen LogP contribution in [0.2, 0.25) is 0 Å². The van der Waals surface area contributed by atoms with Gasteiger partial charge in [-0.25, -0.2) is 9.32 Å². The first kappa shape index (κ1) is 13.9. The standard InChI is InChI=1S/C12H15NO5S/c1-12(2)17-10(8-16-19(13,14)15)11(18-12)9-6-4-3-5-7-9/h3-7H,8H2,1-2H3,(H2,13,14,15). The second-order valence-corrected chi connectivity index (χ2v) is 5.70. The predicted molar refractivity (Wildman–Crippen MR) is 68.7 cm³/mol. The van der Waals surface area contributed by atoms with E-state index in [1.54, 1.807) is 13.8 Å². The molecule has 0 unspecified atom stereocenters. The van der Waals surface area contributed by atoms with Crippen LogP contribution in [0.15, 0.2) is 36.1 Å². The number of rotatable bonds is 4. The molecule has 0 fully saturated rings. The Hall–Kier alpha value is -1.57. The van der Waals surface area contributed by atoms with Crippen LogP contribution >= 0.6 is 0 Å². The van der Waals surface area contributed by atoms with Crippen LogP contribution in [0.5, 0.6) is 0 Å². The largest absolute Gasteiger partial charge is 0.451 e. The van der Waals surface area contributed by atoms with Crippen molar-refractivity contribution in [3.63, 3.8) is 0 Å². The van der Waals surface area contributed by atoms with Crippen LogP contribution < -0.4 is 5.14 Å². The summed E-state index contributed by atoms with van der Waals surface area (Å²) in [4.78, 5) is 0. The van der Waals surface area contributed by atoms with Crippen LogP contribution in [0.3, 0.4) is 0 Å². The molecule has 0 radical (unpaired) electrons. The summed E-state index contributed by atoms with van der Waals surface area (Å²) in [5.41, 5.74) is 0.779. The molecule has 104 valence electrons. The van der Waals surface area contributed by atoms with E-state index in [4.69, 9.17) is 14.6 Å². The third-order valence-corrected chi connectivity index (χ3v) is 2.81. The molecule has 0 aromatic heterocycles. The van der Waals surface area contributed by atoms with Crippen LogP contribution in [0.25, 0.3) is 5.76 Å². The van der Waals surface area contributed by atoms with Crippen LogP contribution in [0.1, 0.15) is 19.4 Å². The van der Waals surface area contributed by atoms with E-state index in [9.17, 15) is 8.42 Å². The van der Waals surface area contributed by atoms with E-state index in [2.05, 4.69) is 4.18 Å². The van der Waals surface area contributed by atoms with Gasteiger partial charge in [0.15, 0.2) is 11.5 Å². The smallest absolute Gasteiger partial charge is 0.333 e. The van der Waals surface area contributed by atoms with Gasteiger partial charge in [0.2, 0.25) is 5.79 Å². The molecule has 2 rings (SSSR count). The Morgan fingerprint density at radius 2 is 1.84 bits per heavy atom. The topological polar surface area (TPSA) is 87.9 Å². The van der Waals surface area contributed by atoms with Gasteiger partial charge >= 0.3 is 10.3 Å². The van der Waals surface area contributed by atoms with Gasteiger partial charge in [-0.2, -0.15) is 8.42 Å². The highest BCUT2D eigenvalue weighted by atomic mass is 32.2. The lowest BCUT2D eigenvalue weighted by Crippen LogP contribution is -2.22. The van der Waals surface area contributed by atoms with Crippen LogP contribution in [0, 0.1) is 0 Å². The monoisotopic (exact) mass is 285 g/mol. The average Bonchev–Trinajstić information content (AvgIpc) is 2.62. The number of benzene rings is 1. The summed E-state index contributed by atoms with van der Waals surface area (Å²) in [6.45, 7) is 3.15. The molecule has 6 nitrogen and oxygen atoms in total. The van der Waals surface area contributed by atoms with E-state index >= 15 is 0 Å². The third-order valence-electron chi connectivity index (χ3n) is 2.36. The van der Waals surface area contributed by atoms with E-state index in [0.717, 1.165) is 5.56 Å². The lowest BCUT2D eigenvalue weighted by atomic mass is 10.2. The Kier molecular flexibility index (Phi) is 3.53. The molecule has 1 heterocycles. The quantitative estimate of drug-likeness (QED) is 0.902. The van der Waals surface area contributed by atoms with Crippen molar-refractivity contribution in [3.8, 4) is 0 Å². The van der Waals surface area contributed by atoms with Gasteiger partial charge in [0, 0.05) is 19.4 Å². The summed E-state index contributed by atoms with van der Waals surface area (Å²) in [5.74, 6) is -0.123. The molecule has 1 aliphatic heterocycles. The van der Waals surface area contributed by atoms with Crippen molar-refractivity contribution in [2.75, 3.05) is 6.61 Å². The van der Waals surface area contributed by atoms with E-state index < -0.39 is 16.1 Å². The van der Waals surface area contributed by atoms with Crippen LogP contribution in [-0.4, -0.2) is 20.8 Å². The van der Waals surface area contributed by atoms with Crippen molar-refractivity contribution in [2.24, 2.45) is 5.14 Å². The number of hydrogen-bond donors (Lipinski definition) is 1. The fourth-order valence-corrected chi connectivity index (χ4v) is 1.98. The van der Waals surface area contributed by atoms with E-state index in [1.807, 2.05) is 30.3 Å². The molecule has 0 amide bonds. The number of nitrogens with two attached hydrogens (primary N) is 1. The van der Waals surface area contributed by atoms with Crippen molar-refractivity contribution < 1.29 is 22.1 Å². The Morgan fingerprint density at radius 3 is 2.42 bits per heavy atom. The highest BCUT2D eigenvalue weighted by molar-refractivity contribution is 7.84. The molecule has 0 aliphatic carbocycles. The second-order valence-electron chi connectivity index (χ2n) is 4.48. The van der Waals surface area contributed by atoms with E-state index in [1.165, 1.54) is 0 Å². The minimum Gasteiger partial charge on any atom is -0.451 e. The molecular weight excluding hydrogens is 270 g/mol. The third kappa shape index (κ3) is 3.69. The molecule has 0 saturated carbocycles. The van der Waals surface area contributed by atoms with Gasteiger partial charge in [-0.15, -0.1) is 0 Å². The summed E-state index contributed by atoms with van der Waals surface area (Å²) in [6, 6.07) is 9.21. The summed E-state index contributed by atoms with van der Waals surface area (Å²) in [7, 11) is -4.02. The molecule has 1 aromatic rings. The zero-order valence-corrected chi connectivity index (χ0v) is 11.4. The average molecular weight is 285 g/mol. The Labute approximate surface area is 112 Å². The molecule has 0 saturated heterocycles. The number of ether oxygens (including phenoxy) is 2. The number of hydrogen-bond acceptors (Lipinski definition) is 5. The Balaban J connectivity index is 2.28. The Bertz CT molecular complexity index is 592. The highest BCUT2D eigenvalue weighted by Gasteiger charge is 2.35. The maximum absolute atomic E-state index is 10.8. The molecule has 1 aliphatic rings. The first-order chi connectivity index (χ1) is 8.77. The van der Waals surface area contributed by atoms with Crippen molar-refractivity contribution in [3.05, 3.63) is 41.7 Å². The molecule has 0 atom stereocenters. The first-order valence-electron chi connectivity index (χ1n) is 5.61. The lowest BCUT2D eigenvalue weighted by Gasteiger charge is -2.18. The van der Waals surface area contributed by atoms with E-state index in [0.29, 0.717) is 11.5 Å². The zero-order valence-electron chi connectivity index (χ0n) is 10.6. The maximum Gasteiger partial charge on any atom is 0.333 e. The van der Waals surface area contributed by atoms with Crippen molar-refractivity contribution in [2.45, 2.75) is 19.6 Å². The summed E-state index contributed by atoms with van der Waals surface area (Å²) >= 11 is 0. The van der Waals surface area contributed by atoms with Gasteiger partial charge in [-0.1, -0.05) is 30.3 Å². The normalized spacial score (nSPS) is 18.1. The summed E-state index contributed by atoms with van der Waals surface area (Å²) < 4.78 is 37.4. The van der Waals surface area contributed by atoms with Crippen molar-refractivity contribution in [1.29, 1.82) is 0 Å². The highest BCUT2D eigenvalue weighted by Crippen LogP contribution is 2.36. The molecule has 7 heteroatoms.